The van der Waals surface area contributed by atoms with Crippen LogP contribution in [0.2, 0.25) is 0 Å². The maximum absolute atomic E-state index is 13.3. The third kappa shape index (κ3) is 4.00. The topological polar surface area (TPSA) is 68.3 Å². The predicted molar refractivity (Wildman–Crippen MR) is 111 cm³/mol. The third-order valence-corrected chi connectivity index (χ3v) is 6.38. The molecule has 0 saturated heterocycles. The molecule has 0 spiro atoms. The summed E-state index contributed by atoms with van der Waals surface area (Å²) in [5.41, 5.74) is 2.96. The van der Waals surface area contributed by atoms with Gasteiger partial charge >= 0.3 is 5.97 Å². The molecule has 29 heavy (non-hydrogen) atoms. The molecule has 0 radical (unpaired) electrons. The van der Waals surface area contributed by atoms with Crippen molar-refractivity contribution in [3.63, 3.8) is 0 Å². The molecule has 1 fully saturated rings. The normalized spacial score (nSPS) is 27.2. The Morgan fingerprint density at radius 2 is 2.00 bits per heavy atom. The van der Waals surface area contributed by atoms with Gasteiger partial charge in [0.25, 0.3) is 0 Å². The number of Topliss-reactive ketones (excluding diaryl/α,β-unsaturated/α-hetero) is 1. The van der Waals surface area contributed by atoms with Crippen LogP contribution in [0.5, 0.6) is 0 Å². The zero-order valence-electron chi connectivity index (χ0n) is 17.4. The molecule has 2 aliphatic carbocycles. The highest BCUT2D eigenvalue weighted by atomic mass is 16.5. The standard InChI is InChI=1S/C24H30N2O3/c1-15-20(23(28)29-17-9-5-4-6-10-17)21(16-8-7-11-25-14-16)22-18(26-15)12-24(2,3)13-19(22)27/h7-8,11,14,17,20-21,26H,1,4-6,9-10,12-13H2,2-3H3. The summed E-state index contributed by atoms with van der Waals surface area (Å²) in [5.74, 6) is -1.20. The van der Waals surface area contributed by atoms with Gasteiger partial charge in [-0.25, -0.2) is 0 Å². The van der Waals surface area contributed by atoms with Gasteiger partial charge in [0.15, 0.2) is 5.78 Å². The lowest BCUT2D eigenvalue weighted by atomic mass is 9.66. The highest BCUT2D eigenvalue weighted by molar-refractivity contribution is 6.00. The van der Waals surface area contributed by atoms with E-state index in [-0.39, 0.29) is 23.3 Å². The number of pyridine rings is 1. The summed E-state index contributed by atoms with van der Waals surface area (Å²) in [6.07, 6.45) is 9.87. The van der Waals surface area contributed by atoms with Gasteiger partial charge in [-0.3, -0.25) is 14.6 Å². The Morgan fingerprint density at radius 1 is 1.24 bits per heavy atom. The van der Waals surface area contributed by atoms with Gasteiger partial charge in [-0.15, -0.1) is 0 Å². The molecule has 2 heterocycles. The Balaban J connectivity index is 1.72. The van der Waals surface area contributed by atoms with Crippen molar-refractivity contribution >= 4 is 11.8 Å². The molecule has 2 unspecified atom stereocenters. The molecule has 0 bridgehead atoms. The maximum Gasteiger partial charge on any atom is 0.316 e. The van der Waals surface area contributed by atoms with Crippen molar-refractivity contribution in [1.82, 2.24) is 10.3 Å². The maximum atomic E-state index is 13.3. The fraction of sp³-hybridized carbons (Fsp3) is 0.542. The number of ketones is 1. The quantitative estimate of drug-likeness (QED) is 0.769. The highest BCUT2D eigenvalue weighted by Gasteiger charge is 2.47. The molecular weight excluding hydrogens is 364 g/mol. The Labute approximate surface area is 172 Å². The van der Waals surface area contributed by atoms with Crippen molar-refractivity contribution in [1.29, 1.82) is 0 Å². The van der Waals surface area contributed by atoms with Crippen molar-refractivity contribution in [2.24, 2.45) is 11.3 Å². The van der Waals surface area contributed by atoms with E-state index in [0.717, 1.165) is 43.4 Å². The molecule has 0 aromatic carbocycles. The monoisotopic (exact) mass is 394 g/mol. The number of aromatic nitrogens is 1. The van der Waals surface area contributed by atoms with E-state index in [0.29, 0.717) is 17.7 Å². The molecular formula is C24H30N2O3. The van der Waals surface area contributed by atoms with Gasteiger partial charge in [-0.2, -0.15) is 0 Å². The van der Waals surface area contributed by atoms with E-state index in [9.17, 15) is 9.59 Å². The van der Waals surface area contributed by atoms with E-state index >= 15 is 0 Å². The third-order valence-electron chi connectivity index (χ3n) is 6.38. The lowest BCUT2D eigenvalue weighted by Gasteiger charge is -2.42. The molecule has 5 heteroatoms. The number of hydrogen-bond acceptors (Lipinski definition) is 5. The van der Waals surface area contributed by atoms with Crippen molar-refractivity contribution in [2.75, 3.05) is 0 Å². The minimum Gasteiger partial charge on any atom is -0.462 e. The van der Waals surface area contributed by atoms with Gasteiger partial charge < -0.3 is 10.1 Å². The molecule has 4 rings (SSSR count). The first-order valence-corrected chi connectivity index (χ1v) is 10.7. The minimum atomic E-state index is -0.620. The van der Waals surface area contributed by atoms with Gasteiger partial charge in [-0.05, 0) is 49.1 Å². The van der Waals surface area contributed by atoms with Crippen LogP contribution >= 0.6 is 0 Å². The van der Waals surface area contributed by atoms with Crippen LogP contribution < -0.4 is 5.32 Å². The second-order valence-electron chi connectivity index (χ2n) is 9.42. The van der Waals surface area contributed by atoms with Gasteiger partial charge in [0.2, 0.25) is 0 Å². The van der Waals surface area contributed by atoms with Crippen LogP contribution in [0.25, 0.3) is 0 Å². The first kappa shape index (κ1) is 19.9. The summed E-state index contributed by atoms with van der Waals surface area (Å²) in [4.78, 5) is 30.7. The summed E-state index contributed by atoms with van der Waals surface area (Å²) in [6.45, 7) is 8.37. The van der Waals surface area contributed by atoms with Gasteiger partial charge in [0.05, 0.1) is 0 Å². The number of ether oxygens (including phenoxy) is 1. The molecule has 3 aliphatic rings. The van der Waals surface area contributed by atoms with E-state index in [1.54, 1.807) is 12.4 Å². The zero-order valence-corrected chi connectivity index (χ0v) is 17.4. The first-order valence-electron chi connectivity index (χ1n) is 10.7. The smallest absolute Gasteiger partial charge is 0.316 e. The van der Waals surface area contributed by atoms with E-state index in [2.05, 4.69) is 30.7 Å². The van der Waals surface area contributed by atoms with Crippen molar-refractivity contribution in [3.05, 3.63) is 53.6 Å². The average Bonchev–Trinajstić information content (AvgIpc) is 2.67. The number of nitrogens with one attached hydrogen (secondary N) is 1. The summed E-state index contributed by atoms with van der Waals surface area (Å²) >= 11 is 0. The number of esters is 1. The Bertz CT molecular complexity index is 850. The number of rotatable bonds is 3. The molecule has 1 aliphatic heterocycles. The van der Waals surface area contributed by atoms with Crippen LogP contribution in [0.1, 0.15) is 70.3 Å². The number of carbonyl (C=O) groups is 2. The number of hydrogen-bond donors (Lipinski definition) is 1. The Morgan fingerprint density at radius 3 is 2.69 bits per heavy atom. The molecule has 5 nitrogen and oxygen atoms in total. The zero-order chi connectivity index (χ0) is 20.6. The van der Waals surface area contributed by atoms with Crippen molar-refractivity contribution in [3.8, 4) is 0 Å². The number of nitrogens with zero attached hydrogens (tertiary/aromatic N) is 1. The molecule has 0 amide bonds. The minimum absolute atomic E-state index is 0.0324. The molecule has 1 aromatic heterocycles. The van der Waals surface area contributed by atoms with Crippen LogP contribution in [0, 0.1) is 11.3 Å². The summed E-state index contributed by atoms with van der Waals surface area (Å²) in [5, 5.41) is 3.32. The van der Waals surface area contributed by atoms with Crippen LogP contribution in [-0.4, -0.2) is 22.8 Å². The molecule has 154 valence electrons. The fourth-order valence-electron chi connectivity index (χ4n) is 5.06. The van der Waals surface area contributed by atoms with Gasteiger partial charge in [-0.1, -0.05) is 32.9 Å². The molecule has 1 N–H and O–H groups in total. The lowest BCUT2D eigenvalue weighted by molar-refractivity contribution is -0.155. The van der Waals surface area contributed by atoms with Crippen LogP contribution in [0.15, 0.2) is 48.1 Å². The SMILES string of the molecule is C=C1NC2=C(C(=O)CC(C)(C)C2)C(c2cccnc2)C1C(=O)OC1CCCCC1. The predicted octanol–water partition coefficient (Wildman–Crippen LogP) is 4.42. The van der Waals surface area contributed by atoms with E-state index < -0.39 is 11.8 Å². The first-order chi connectivity index (χ1) is 13.9. The van der Waals surface area contributed by atoms with Gasteiger partial charge in [0, 0.05) is 41.7 Å². The molecule has 1 saturated carbocycles. The van der Waals surface area contributed by atoms with Gasteiger partial charge in [0.1, 0.15) is 12.0 Å². The Hall–Kier alpha value is -2.43. The highest BCUT2D eigenvalue weighted by Crippen LogP contribution is 2.48. The van der Waals surface area contributed by atoms with Crippen LogP contribution in [0.3, 0.4) is 0 Å². The van der Waals surface area contributed by atoms with E-state index in [1.807, 2.05) is 12.1 Å². The fourth-order valence-corrected chi connectivity index (χ4v) is 5.06. The van der Waals surface area contributed by atoms with Crippen molar-refractivity contribution < 1.29 is 14.3 Å². The molecule has 2 atom stereocenters. The lowest BCUT2D eigenvalue weighted by Crippen LogP contribution is -2.44. The summed E-state index contributed by atoms with van der Waals surface area (Å²) in [6, 6.07) is 3.79. The number of carbonyl (C=O) groups excluding carboxylic acids is 2. The molecule has 1 aromatic rings. The van der Waals surface area contributed by atoms with Crippen LogP contribution in [0.4, 0.5) is 0 Å². The number of allylic oxidation sites excluding steroid dienone is 2. The van der Waals surface area contributed by atoms with Crippen molar-refractivity contribution in [2.45, 2.75) is 70.8 Å². The van der Waals surface area contributed by atoms with E-state index in [1.165, 1.54) is 6.42 Å². The second kappa shape index (κ2) is 7.77. The van der Waals surface area contributed by atoms with E-state index in [4.69, 9.17) is 4.74 Å². The summed E-state index contributed by atoms with van der Waals surface area (Å²) < 4.78 is 5.91. The largest absolute Gasteiger partial charge is 0.462 e. The average molecular weight is 395 g/mol. The second-order valence-corrected chi connectivity index (χ2v) is 9.42. The Kier molecular flexibility index (Phi) is 5.32. The summed E-state index contributed by atoms with van der Waals surface area (Å²) in [7, 11) is 0. The van der Waals surface area contributed by atoms with Crippen LogP contribution in [-0.2, 0) is 14.3 Å².